The Balaban J connectivity index is 2.72. The number of nitrogens with zero attached hydrogens (tertiary/aromatic N) is 1. The number of urea groups is 1. The van der Waals surface area contributed by atoms with Gasteiger partial charge in [0.2, 0.25) is 0 Å². The maximum Gasteiger partial charge on any atom is 0.321 e. The SMILES string of the molecule is CC(C)CN(CCC(N)=S)C(=O)Nc1ccccc1F. The minimum absolute atomic E-state index is 0.168. The molecule has 0 bridgehead atoms. The second kappa shape index (κ2) is 7.79. The quantitative estimate of drug-likeness (QED) is 0.794. The molecule has 20 heavy (non-hydrogen) atoms. The highest BCUT2D eigenvalue weighted by molar-refractivity contribution is 7.80. The molecule has 0 spiro atoms. The van der Waals surface area contributed by atoms with Gasteiger partial charge in [-0.25, -0.2) is 9.18 Å². The Morgan fingerprint density at radius 3 is 2.65 bits per heavy atom. The lowest BCUT2D eigenvalue weighted by Crippen LogP contribution is -2.39. The van der Waals surface area contributed by atoms with Crippen LogP contribution in [0.5, 0.6) is 0 Å². The molecular weight excluding hydrogens is 277 g/mol. The lowest BCUT2D eigenvalue weighted by Gasteiger charge is -2.24. The number of anilines is 1. The summed E-state index contributed by atoms with van der Waals surface area (Å²) in [5.74, 6) is -0.160. The fourth-order valence-electron chi connectivity index (χ4n) is 1.72. The summed E-state index contributed by atoms with van der Waals surface area (Å²) in [6.45, 7) is 4.99. The van der Waals surface area contributed by atoms with Crippen molar-refractivity contribution < 1.29 is 9.18 Å². The van der Waals surface area contributed by atoms with E-state index >= 15 is 0 Å². The van der Waals surface area contributed by atoms with Crippen LogP contribution in [-0.4, -0.2) is 29.0 Å². The van der Waals surface area contributed by atoms with Crippen molar-refractivity contribution in [3.8, 4) is 0 Å². The summed E-state index contributed by atoms with van der Waals surface area (Å²) >= 11 is 4.82. The number of hydrogen-bond donors (Lipinski definition) is 2. The zero-order chi connectivity index (χ0) is 15.1. The molecule has 110 valence electrons. The molecule has 3 N–H and O–H groups in total. The summed E-state index contributed by atoms with van der Waals surface area (Å²) in [5, 5.41) is 2.57. The highest BCUT2D eigenvalue weighted by atomic mass is 32.1. The van der Waals surface area contributed by atoms with Crippen LogP contribution in [-0.2, 0) is 0 Å². The van der Waals surface area contributed by atoms with Crippen molar-refractivity contribution in [2.24, 2.45) is 11.7 Å². The van der Waals surface area contributed by atoms with Crippen LogP contribution in [0.3, 0.4) is 0 Å². The summed E-state index contributed by atoms with van der Waals surface area (Å²) < 4.78 is 13.5. The van der Waals surface area contributed by atoms with Crippen LogP contribution in [0.1, 0.15) is 20.3 Å². The van der Waals surface area contributed by atoms with Crippen molar-refractivity contribution in [1.82, 2.24) is 4.90 Å². The van der Waals surface area contributed by atoms with E-state index in [0.29, 0.717) is 30.4 Å². The molecule has 0 atom stereocenters. The molecule has 0 aromatic heterocycles. The van der Waals surface area contributed by atoms with Gasteiger partial charge in [-0.1, -0.05) is 38.2 Å². The van der Waals surface area contributed by atoms with Gasteiger partial charge < -0.3 is 16.0 Å². The van der Waals surface area contributed by atoms with Crippen LogP contribution in [0.15, 0.2) is 24.3 Å². The molecule has 2 amide bonds. The highest BCUT2D eigenvalue weighted by Crippen LogP contribution is 2.13. The van der Waals surface area contributed by atoms with Gasteiger partial charge in [-0.3, -0.25) is 0 Å². The molecule has 0 saturated heterocycles. The van der Waals surface area contributed by atoms with Crippen molar-refractivity contribution in [2.75, 3.05) is 18.4 Å². The van der Waals surface area contributed by atoms with Gasteiger partial charge in [-0.2, -0.15) is 0 Å². The van der Waals surface area contributed by atoms with E-state index < -0.39 is 5.82 Å². The molecule has 6 heteroatoms. The molecule has 1 aromatic carbocycles. The maximum atomic E-state index is 13.5. The normalized spacial score (nSPS) is 10.4. The van der Waals surface area contributed by atoms with Gasteiger partial charge in [0.25, 0.3) is 0 Å². The smallest absolute Gasteiger partial charge is 0.321 e. The second-order valence-corrected chi connectivity index (χ2v) is 5.49. The van der Waals surface area contributed by atoms with E-state index in [0.717, 1.165) is 0 Å². The number of nitrogens with one attached hydrogen (secondary N) is 1. The zero-order valence-corrected chi connectivity index (χ0v) is 12.5. The largest absolute Gasteiger partial charge is 0.393 e. The van der Waals surface area contributed by atoms with Crippen LogP contribution in [0.4, 0.5) is 14.9 Å². The van der Waals surface area contributed by atoms with E-state index in [1.165, 1.54) is 12.1 Å². The van der Waals surface area contributed by atoms with E-state index in [1.54, 1.807) is 17.0 Å². The molecule has 0 aliphatic carbocycles. The van der Waals surface area contributed by atoms with Crippen LogP contribution >= 0.6 is 12.2 Å². The lowest BCUT2D eigenvalue weighted by molar-refractivity contribution is 0.206. The first-order valence-electron chi connectivity index (χ1n) is 6.49. The monoisotopic (exact) mass is 297 g/mol. The van der Waals surface area contributed by atoms with E-state index in [4.69, 9.17) is 18.0 Å². The van der Waals surface area contributed by atoms with Crippen molar-refractivity contribution in [3.63, 3.8) is 0 Å². The number of thiocarbonyl (C=S) groups is 1. The number of carbonyl (C=O) groups is 1. The summed E-state index contributed by atoms with van der Waals surface area (Å²) in [4.78, 5) is 14.1. The Bertz CT molecular complexity index is 479. The molecule has 1 aromatic rings. The predicted octanol–water partition coefficient (Wildman–Crippen LogP) is 2.99. The van der Waals surface area contributed by atoms with Crippen molar-refractivity contribution in [2.45, 2.75) is 20.3 Å². The minimum atomic E-state index is -0.459. The molecule has 0 unspecified atom stereocenters. The maximum absolute atomic E-state index is 13.5. The molecule has 0 radical (unpaired) electrons. The molecule has 0 heterocycles. The third kappa shape index (κ3) is 5.52. The van der Waals surface area contributed by atoms with Crippen molar-refractivity contribution in [3.05, 3.63) is 30.1 Å². The van der Waals surface area contributed by atoms with E-state index in [9.17, 15) is 9.18 Å². The van der Waals surface area contributed by atoms with Gasteiger partial charge in [-0.05, 0) is 18.1 Å². The number of para-hydroxylation sites is 1. The van der Waals surface area contributed by atoms with Gasteiger partial charge >= 0.3 is 6.03 Å². The lowest BCUT2D eigenvalue weighted by atomic mass is 10.2. The molecule has 4 nitrogen and oxygen atoms in total. The van der Waals surface area contributed by atoms with Gasteiger partial charge in [0.15, 0.2) is 0 Å². The zero-order valence-electron chi connectivity index (χ0n) is 11.7. The molecule has 0 aliphatic heterocycles. The Morgan fingerprint density at radius 1 is 1.45 bits per heavy atom. The minimum Gasteiger partial charge on any atom is -0.393 e. The third-order valence-electron chi connectivity index (χ3n) is 2.62. The van der Waals surface area contributed by atoms with Crippen LogP contribution in [0.2, 0.25) is 0 Å². The first kappa shape index (κ1) is 16.4. The Labute approximate surface area is 124 Å². The average molecular weight is 297 g/mol. The number of nitrogens with two attached hydrogens (primary N) is 1. The first-order chi connectivity index (χ1) is 9.40. The second-order valence-electron chi connectivity index (χ2n) is 4.97. The fraction of sp³-hybridized carbons (Fsp3) is 0.429. The number of amides is 2. The molecular formula is C14H20FN3OS. The molecule has 0 fully saturated rings. The van der Waals surface area contributed by atoms with Crippen molar-refractivity contribution in [1.29, 1.82) is 0 Å². The Morgan fingerprint density at radius 2 is 2.10 bits per heavy atom. The molecule has 1 rings (SSSR count). The third-order valence-corrected chi connectivity index (χ3v) is 2.82. The van der Waals surface area contributed by atoms with E-state index in [1.807, 2.05) is 13.8 Å². The first-order valence-corrected chi connectivity index (χ1v) is 6.89. The Kier molecular flexibility index (Phi) is 6.38. The van der Waals surface area contributed by atoms with E-state index in [2.05, 4.69) is 5.32 Å². The standard InChI is InChI=1S/C14H20FN3OS/c1-10(2)9-18(8-7-13(16)20)14(19)17-12-6-4-3-5-11(12)15/h3-6,10H,7-9H2,1-2H3,(H2,16,20)(H,17,19). The van der Waals surface area contributed by atoms with Gasteiger partial charge in [0, 0.05) is 19.5 Å². The van der Waals surface area contributed by atoms with Crippen LogP contribution in [0, 0.1) is 11.7 Å². The summed E-state index contributed by atoms with van der Waals surface area (Å²) in [5.41, 5.74) is 5.63. The molecule has 0 saturated carbocycles. The van der Waals surface area contributed by atoms with Gasteiger partial charge in [0.05, 0.1) is 10.7 Å². The average Bonchev–Trinajstić information content (AvgIpc) is 2.36. The molecule has 0 aliphatic rings. The van der Waals surface area contributed by atoms with E-state index in [-0.39, 0.29) is 11.7 Å². The summed E-state index contributed by atoms with van der Waals surface area (Å²) in [7, 11) is 0. The summed E-state index contributed by atoms with van der Waals surface area (Å²) in [6.07, 6.45) is 0.451. The fourth-order valence-corrected chi connectivity index (χ4v) is 1.81. The predicted molar refractivity (Wildman–Crippen MR) is 83.2 cm³/mol. The number of carbonyl (C=O) groups excluding carboxylic acids is 1. The van der Waals surface area contributed by atoms with Gasteiger partial charge in [-0.15, -0.1) is 0 Å². The Hall–Kier alpha value is -1.69. The number of rotatable bonds is 6. The number of benzene rings is 1. The number of hydrogen-bond acceptors (Lipinski definition) is 2. The number of halogens is 1. The van der Waals surface area contributed by atoms with Crippen LogP contribution in [0.25, 0.3) is 0 Å². The van der Waals surface area contributed by atoms with Crippen LogP contribution < -0.4 is 11.1 Å². The highest BCUT2D eigenvalue weighted by Gasteiger charge is 2.16. The van der Waals surface area contributed by atoms with Crippen molar-refractivity contribution >= 4 is 28.9 Å². The van der Waals surface area contributed by atoms with Gasteiger partial charge in [0.1, 0.15) is 5.82 Å². The summed E-state index contributed by atoms with van der Waals surface area (Å²) in [6, 6.07) is 5.72. The topological polar surface area (TPSA) is 58.4 Å².